The maximum absolute atomic E-state index is 12.5. The molecular weight excluding hydrogens is 314 g/mol. The zero-order chi connectivity index (χ0) is 16.4. The predicted octanol–water partition coefficient (Wildman–Crippen LogP) is 3.41. The number of nitrogens with one attached hydrogen (secondary N) is 1. The van der Waals surface area contributed by atoms with Crippen LogP contribution in [-0.2, 0) is 16.4 Å². The summed E-state index contributed by atoms with van der Waals surface area (Å²) in [5.74, 6) is 1.51. The lowest BCUT2D eigenvalue weighted by Gasteiger charge is -2.11. The minimum absolute atomic E-state index is 0.115. The zero-order valence-corrected chi connectivity index (χ0v) is 13.9. The Morgan fingerprint density at radius 2 is 1.87 bits per heavy atom. The van der Waals surface area contributed by atoms with Crippen LogP contribution in [0.1, 0.15) is 19.4 Å². The highest BCUT2D eigenvalue weighted by molar-refractivity contribution is 7.92. The Morgan fingerprint density at radius 3 is 2.65 bits per heavy atom. The van der Waals surface area contributed by atoms with Crippen molar-refractivity contribution in [1.82, 2.24) is 0 Å². The van der Waals surface area contributed by atoms with E-state index in [1.54, 1.807) is 12.1 Å². The van der Waals surface area contributed by atoms with Crippen molar-refractivity contribution in [3.8, 4) is 11.5 Å². The lowest BCUT2D eigenvalue weighted by molar-refractivity contribution is 0.174. The minimum Gasteiger partial charge on any atom is -0.454 e. The highest BCUT2D eigenvalue weighted by Gasteiger charge is 2.20. The molecule has 0 bridgehead atoms. The van der Waals surface area contributed by atoms with Crippen LogP contribution < -0.4 is 14.2 Å². The largest absolute Gasteiger partial charge is 0.454 e. The standard InChI is InChI=1S/C17H19NO4S/c1-12(2)8-13-4-3-5-14(9-13)18-23(19,20)15-6-7-16-17(10-15)22-11-21-16/h3-7,9-10,12,18H,8,11H2,1-2H3. The van der Waals surface area contributed by atoms with Gasteiger partial charge < -0.3 is 9.47 Å². The van der Waals surface area contributed by atoms with Gasteiger partial charge in [-0.2, -0.15) is 0 Å². The Hall–Kier alpha value is -2.21. The maximum atomic E-state index is 12.5. The Balaban J connectivity index is 1.84. The van der Waals surface area contributed by atoms with E-state index in [1.807, 2.05) is 18.2 Å². The lowest BCUT2D eigenvalue weighted by Crippen LogP contribution is -2.13. The molecule has 23 heavy (non-hydrogen) atoms. The second kappa shape index (κ2) is 6.12. The fourth-order valence-corrected chi connectivity index (χ4v) is 3.56. The monoisotopic (exact) mass is 333 g/mol. The molecule has 0 atom stereocenters. The Labute approximate surface area is 136 Å². The number of anilines is 1. The molecule has 0 saturated heterocycles. The van der Waals surface area contributed by atoms with E-state index in [9.17, 15) is 8.42 Å². The summed E-state index contributed by atoms with van der Waals surface area (Å²) in [5.41, 5.74) is 1.66. The maximum Gasteiger partial charge on any atom is 0.262 e. The number of benzene rings is 2. The van der Waals surface area contributed by atoms with Gasteiger partial charge >= 0.3 is 0 Å². The fourth-order valence-electron chi connectivity index (χ4n) is 2.49. The van der Waals surface area contributed by atoms with Gasteiger partial charge in [0.25, 0.3) is 10.0 Å². The molecule has 1 aliphatic rings. The van der Waals surface area contributed by atoms with Crippen LogP contribution in [0.5, 0.6) is 11.5 Å². The fraction of sp³-hybridized carbons (Fsp3) is 0.294. The number of rotatable bonds is 5. The van der Waals surface area contributed by atoms with E-state index in [-0.39, 0.29) is 11.7 Å². The minimum atomic E-state index is -3.67. The van der Waals surface area contributed by atoms with Crippen LogP contribution in [0.3, 0.4) is 0 Å². The first-order valence-corrected chi connectivity index (χ1v) is 8.94. The van der Waals surface area contributed by atoms with E-state index in [2.05, 4.69) is 18.6 Å². The van der Waals surface area contributed by atoms with Gasteiger partial charge in [-0.25, -0.2) is 8.42 Å². The van der Waals surface area contributed by atoms with Gasteiger partial charge in [-0.15, -0.1) is 0 Å². The molecule has 122 valence electrons. The Bertz CT molecular complexity index is 815. The first-order valence-electron chi connectivity index (χ1n) is 7.45. The highest BCUT2D eigenvalue weighted by atomic mass is 32.2. The molecule has 6 heteroatoms. The molecule has 0 spiro atoms. The van der Waals surface area contributed by atoms with Crippen LogP contribution in [0, 0.1) is 5.92 Å². The van der Waals surface area contributed by atoms with Gasteiger partial charge in [-0.1, -0.05) is 26.0 Å². The Morgan fingerprint density at radius 1 is 1.09 bits per heavy atom. The van der Waals surface area contributed by atoms with Crippen molar-refractivity contribution in [1.29, 1.82) is 0 Å². The summed E-state index contributed by atoms with van der Waals surface area (Å²) in [6.45, 7) is 4.37. The molecule has 1 aliphatic heterocycles. The number of hydrogen-bond donors (Lipinski definition) is 1. The van der Waals surface area contributed by atoms with E-state index >= 15 is 0 Å². The summed E-state index contributed by atoms with van der Waals surface area (Å²) < 4.78 is 38.1. The summed E-state index contributed by atoms with van der Waals surface area (Å²) in [4.78, 5) is 0.149. The van der Waals surface area contributed by atoms with E-state index in [1.165, 1.54) is 12.1 Å². The predicted molar refractivity (Wildman–Crippen MR) is 88.4 cm³/mol. The molecule has 2 aromatic carbocycles. The normalized spacial score (nSPS) is 13.3. The van der Waals surface area contributed by atoms with Crippen molar-refractivity contribution in [3.05, 3.63) is 48.0 Å². The van der Waals surface area contributed by atoms with Crippen molar-refractivity contribution in [2.45, 2.75) is 25.2 Å². The quantitative estimate of drug-likeness (QED) is 0.910. The zero-order valence-electron chi connectivity index (χ0n) is 13.1. The molecule has 0 unspecified atom stereocenters. The molecule has 3 rings (SSSR count). The van der Waals surface area contributed by atoms with E-state index in [4.69, 9.17) is 9.47 Å². The first kappa shape index (κ1) is 15.7. The molecule has 0 aromatic heterocycles. The van der Waals surface area contributed by atoms with Gasteiger partial charge in [0.2, 0.25) is 6.79 Å². The van der Waals surface area contributed by atoms with Crippen LogP contribution >= 0.6 is 0 Å². The van der Waals surface area contributed by atoms with Gasteiger partial charge in [0, 0.05) is 11.8 Å². The number of fused-ring (bicyclic) bond motifs is 1. The third-order valence-corrected chi connectivity index (χ3v) is 4.86. The second-order valence-corrected chi connectivity index (χ2v) is 7.60. The molecule has 0 aliphatic carbocycles. The number of sulfonamides is 1. The molecular formula is C17H19NO4S. The topological polar surface area (TPSA) is 64.6 Å². The van der Waals surface area contributed by atoms with Crippen LogP contribution in [0.25, 0.3) is 0 Å². The van der Waals surface area contributed by atoms with E-state index < -0.39 is 10.0 Å². The Kier molecular flexibility index (Phi) is 4.17. The highest BCUT2D eigenvalue weighted by Crippen LogP contribution is 2.34. The molecule has 0 amide bonds. The van der Waals surface area contributed by atoms with E-state index in [0.29, 0.717) is 23.1 Å². The van der Waals surface area contributed by atoms with Crippen molar-refractivity contribution >= 4 is 15.7 Å². The van der Waals surface area contributed by atoms with E-state index in [0.717, 1.165) is 12.0 Å². The van der Waals surface area contributed by atoms with Crippen molar-refractivity contribution in [2.24, 2.45) is 5.92 Å². The summed E-state index contributed by atoms with van der Waals surface area (Å²) in [5, 5.41) is 0. The van der Waals surface area contributed by atoms with Crippen LogP contribution in [0.2, 0.25) is 0 Å². The number of ether oxygens (including phenoxy) is 2. The lowest BCUT2D eigenvalue weighted by atomic mass is 10.0. The van der Waals surface area contributed by atoms with Gasteiger partial charge in [0.05, 0.1) is 4.90 Å². The summed E-state index contributed by atoms with van der Waals surface area (Å²) in [7, 11) is -3.67. The smallest absolute Gasteiger partial charge is 0.262 e. The third kappa shape index (κ3) is 3.59. The van der Waals surface area contributed by atoms with Gasteiger partial charge in [-0.05, 0) is 42.2 Å². The van der Waals surface area contributed by atoms with Crippen LogP contribution in [-0.4, -0.2) is 15.2 Å². The molecule has 0 radical (unpaired) electrons. The van der Waals surface area contributed by atoms with Gasteiger partial charge in [0.1, 0.15) is 0 Å². The van der Waals surface area contributed by atoms with Crippen LogP contribution in [0.15, 0.2) is 47.4 Å². The molecule has 1 heterocycles. The molecule has 0 saturated carbocycles. The SMILES string of the molecule is CC(C)Cc1cccc(NS(=O)(=O)c2ccc3c(c2)OCO3)c1. The summed E-state index contributed by atoms with van der Waals surface area (Å²) in [6.07, 6.45) is 0.902. The summed E-state index contributed by atoms with van der Waals surface area (Å²) >= 11 is 0. The van der Waals surface area contributed by atoms with Crippen molar-refractivity contribution in [3.63, 3.8) is 0 Å². The van der Waals surface area contributed by atoms with Crippen molar-refractivity contribution < 1.29 is 17.9 Å². The second-order valence-electron chi connectivity index (χ2n) is 5.92. The summed E-state index contributed by atoms with van der Waals surface area (Å²) in [6, 6.07) is 12.1. The van der Waals surface area contributed by atoms with Crippen LogP contribution in [0.4, 0.5) is 5.69 Å². The molecule has 0 fully saturated rings. The average molecular weight is 333 g/mol. The average Bonchev–Trinajstić information content (AvgIpc) is 2.93. The van der Waals surface area contributed by atoms with Crippen molar-refractivity contribution in [2.75, 3.05) is 11.5 Å². The molecule has 5 nitrogen and oxygen atoms in total. The molecule has 2 aromatic rings. The first-order chi connectivity index (χ1) is 10.9. The van der Waals surface area contributed by atoms with Gasteiger partial charge in [-0.3, -0.25) is 4.72 Å². The number of hydrogen-bond acceptors (Lipinski definition) is 4. The van der Waals surface area contributed by atoms with Gasteiger partial charge in [0.15, 0.2) is 11.5 Å². The third-order valence-electron chi connectivity index (χ3n) is 3.48. The molecule has 1 N–H and O–H groups in total.